The summed E-state index contributed by atoms with van der Waals surface area (Å²) in [6.07, 6.45) is 0.991. The van der Waals surface area contributed by atoms with Gasteiger partial charge in [0.2, 0.25) is 5.91 Å². The second kappa shape index (κ2) is 6.97. The van der Waals surface area contributed by atoms with Crippen molar-refractivity contribution < 1.29 is 14.3 Å². The van der Waals surface area contributed by atoms with Crippen molar-refractivity contribution in [2.45, 2.75) is 18.9 Å². The molecule has 13 heavy (non-hydrogen) atoms. The smallest absolute Gasteiger partial charge is 0.328 e. The Hall–Kier alpha value is -0.480. The van der Waals surface area contributed by atoms with Crippen LogP contribution in [0.4, 0.5) is 0 Å². The lowest BCUT2D eigenvalue weighted by Gasteiger charge is -2.04. The number of halogens is 2. The standard InChI is InChI=1S/C6H9NO3.CH2Cl2/c1-10-6(9)4-2-3-5(8)7-4;2-1-3/h4H,2-3H2,1H3,(H,7,8);1H2/t4-;/m0./s1. The lowest BCUT2D eigenvalue weighted by molar-refractivity contribution is -0.143. The molecule has 0 aromatic heterocycles. The van der Waals surface area contributed by atoms with E-state index in [-0.39, 0.29) is 17.2 Å². The zero-order chi connectivity index (χ0) is 10.3. The SMILES string of the molecule is COC(=O)[C@@H]1CCC(=O)N1.ClCCl. The zero-order valence-corrected chi connectivity index (χ0v) is 8.69. The molecule has 76 valence electrons. The Bertz CT molecular complexity index is 187. The molecule has 0 aromatic carbocycles. The highest BCUT2D eigenvalue weighted by Gasteiger charge is 2.27. The third kappa shape index (κ3) is 4.95. The first kappa shape index (κ1) is 12.5. The number of methoxy groups -OCH3 is 1. The van der Waals surface area contributed by atoms with Crippen molar-refractivity contribution in [2.24, 2.45) is 0 Å². The second-order valence-corrected chi connectivity index (χ2v) is 3.09. The molecule has 0 unspecified atom stereocenters. The normalized spacial score (nSPS) is 19.9. The summed E-state index contributed by atoms with van der Waals surface area (Å²) in [6, 6.07) is -0.405. The van der Waals surface area contributed by atoms with Gasteiger partial charge in [0.15, 0.2) is 0 Å². The molecule has 0 radical (unpaired) electrons. The van der Waals surface area contributed by atoms with Crippen molar-refractivity contribution in [3.63, 3.8) is 0 Å². The molecular weight excluding hydrogens is 217 g/mol. The molecule has 0 aliphatic carbocycles. The van der Waals surface area contributed by atoms with Gasteiger partial charge in [-0.05, 0) is 6.42 Å². The predicted octanol–water partition coefficient (Wildman–Crippen LogP) is 0.859. The Labute approximate surface area is 86.5 Å². The molecule has 6 heteroatoms. The number of amides is 1. The van der Waals surface area contributed by atoms with Gasteiger partial charge in [0.25, 0.3) is 0 Å². The van der Waals surface area contributed by atoms with Gasteiger partial charge in [-0.3, -0.25) is 4.79 Å². The van der Waals surface area contributed by atoms with E-state index in [1.807, 2.05) is 0 Å². The van der Waals surface area contributed by atoms with E-state index < -0.39 is 6.04 Å². The van der Waals surface area contributed by atoms with Gasteiger partial charge in [-0.2, -0.15) is 0 Å². The van der Waals surface area contributed by atoms with Crippen LogP contribution in [0, 0.1) is 0 Å². The van der Waals surface area contributed by atoms with E-state index in [9.17, 15) is 9.59 Å². The lowest BCUT2D eigenvalue weighted by atomic mass is 10.2. The van der Waals surface area contributed by atoms with Gasteiger partial charge in [0.05, 0.1) is 12.4 Å². The highest BCUT2D eigenvalue weighted by molar-refractivity contribution is 6.40. The quantitative estimate of drug-likeness (QED) is 0.534. The van der Waals surface area contributed by atoms with E-state index >= 15 is 0 Å². The van der Waals surface area contributed by atoms with Crippen LogP contribution in [0.5, 0.6) is 0 Å². The van der Waals surface area contributed by atoms with Crippen LogP contribution >= 0.6 is 23.2 Å². The summed E-state index contributed by atoms with van der Waals surface area (Å²) in [6.45, 7) is 0. The van der Waals surface area contributed by atoms with Gasteiger partial charge >= 0.3 is 5.97 Å². The summed E-state index contributed by atoms with van der Waals surface area (Å²) in [4.78, 5) is 21.3. The molecule has 0 saturated carbocycles. The van der Waals surface area contributed by atoms with Crippen LogP contribution in [0.25, 0.3) is 0 Å². The summed E-state index contributed by atoms with van der Waals surface area (Å²) in [7, 11) is 1.31. The van der Waals surface area contributed by atoms with Crippen LogP contribution in [0.3, 0.4) is 0 Å². The van der Waals surface area contributed by atoms with E-state index in [1.54, 1.807) is 0 Å². The molecule has 1 heterocycles. The fourth-order valence-corrected chi connectivity index (χ4v) is 0.933. The van der Waals surface area contributed by atoms with Crippen LogP contribution in [-0.2, 0) is 14.3 Å². The highest BCUT2D eigenvalue weighted by Crippen LogP contribution is 2.06. The van der Waals surface area contributed by atoms with E-state index in [0.717, 1.165) is 0 Å². The average molecular weight is 228 g/mol. The summed E-state index contributed by atoms with van der Waals surface area (Å²) < 4.78 is 4.43. The van der Waals surface area contributed by atoms with Crippen molar-refractivity contribution in [1.29, 1.82) is 0 Å². The Morgan fingerprint density at radius 2 is 2.23 bits per heavy atom. The summed E-state index contributed by atoms with van der Waals surface area (Å²) in [5, 5.41) is 2.69. The van der Waals surface area contributed by atoms with Gasteiger partial charge in [-0.15, -0.1) is 23.2 Å². The molecule has 1 aliphatic heterocycles. The topological polar surface area (TPSA) is 55.4 Å². The first-order valence-corrected chi connectivity index (χ1v) is 4.71. The van der Waals surface area contributed by atoms with Crippen molar-refractivity contribution in [3.8, 4) is 0 Å². The Morgan fingerprint density at radius 3 is 2.54 bits per heavy atom. The first-order chi connectivity index (χ1) is 6.15. The maximum Gasteiger partial charge on any atom is 0.328 e. The highest BCUT2D eigenvalue weighted by atomic mass is 35.5. The predicted molar refractivity (Wildman–Crippen MR) is 49.8 cm³/mol. The van der Waals surface area contributed by atoms with Gasteiger partial charge in [-0.1, -0.05) is 0 Å². The fraction of sp³-hybridized carbons (Fsp3) is 0.714. The van der Waals surface area contributed by atoms with Crippen LogP contribution in [0.1, 0.15) is 12.8 Å². The van der Waals surface area contributed by atoms with Crippen LogP contribution < -0.4 is 5.32 Å². The Balaban J connectivity index is 0.000000424. The van der Waals surface area contributed by atoms with Crippen molar-refractivity contribution >= 4 is 35.1 Å². The molecule has 1 N–H and O–H groups in total. The van der Waals surface area contributed by atoms with Crippen LogP contribution in [-0.4, -0.2) is 30.4 Å². The van der Waals surface area contributed by atoms with Gasteiger partial charge in [-0.25, -0.2) is 4.79 Å². The molecule has 1 amide bonds. The van der Waals surface area contributed by atoms with E-state index in [4.69, 9.17) is 23.2 Å². The summed E-state index contributed by atoms with van der Waals surface area (Å²) in [5.74, 6) is -0.429. The molecule has 1 saturated heterocycles. The third-order valence-electron chi connectivity index (χ3n) is 1.48. The average Bonchev–Trinajstić information content (AvgIpc) is 2.52. The summed E-state index contributed by atoms with van der Waals surface area (Å²) in [5.41, 5.74) is 0. The molecule has 0 bridgehead atoms. The number of esters is 1. The van der Waals surface area contributed by atoms with Crippen molar-refractivity contribution in [2.75, 3.05) is 12.4 Å². The van der Waals surface area contributed by atoms with E-state index in [2.05, 4.69) is 10.1 Å². The minimum atomic E-state index is -0.405. The number of hydrogen-bond donors (Lipinski definition) is 1. The van der Waals surface area contributed by atoms with Gasteiger partial charge < -0.3 is 10.1 Å². The molecule has 4 nitrogen and oxygen atoms in total. The number of ether oxygens (including phenoxy) is 1. The largest absolute Gasteiger partial charge is 0.467 e. The molecule has 1 fully saturated rings. The van der Waals surface area contributed by atoms with Crippen molar-refractivity contribution in [3.05, 3.63) is 0 Å². The fourth-order valence-electron chi connectivity index (χ4n) is 0.933. The number of rotatable bonds is 1. The van der Waals surface area contributed by atoms with E-state index in [1.165, 1.54) is 7.11 Å². The lowest BCUT2D eigenvalue weighted by Crippen LogP contribution is -2.33. The van der Waals surface area contributed by atoms with Gasteiger partial charge in [0, 0.05) is 6.42 Å². The number of nitrogens with one attached hydrogen (secondary N) is 1. The first-order valence-electron chi connectivity index (χ1n) is 3.64. The van der Waals surface area contributed by atoms with Crippen LogP contribution in [0.2, 0.25) is 0 Å². The second-order valence-electron chi connectivity index (χ2n) is 2.28. The minimum absolute atomic E-state index is 0.0737. The summed E-state index contributed by atoms with van der Waals surface area (Å²) >= 11 is 9.53. The van der Waals surface area contributed by atoms with Crippen molar-refractivity contribution in [1.82, 2.24) is 5.32 Å². The number of carbonyl (C=O) groups is 2. The Morgan fingerprint density at radius 1 is 1.69 bits per heavy atom. The minimum Gasteiger partial charge on any atom is -0.467 e. The Kier molecular flexibility index (Phi) is 6.72. The maximum atomic E-state index is 10.7. The molecular formula is C7H11Cl2NO3. The number of carbonyl (C=O) groups excluding carboxylic acids is 2. The molecule has 1 atom stereocenters. The monoisotopic (exact) mass is 227 g/mol. The zero-order valence-electron chi connectivity index (χ0n) is 7.18. The van der Waals surface area contributed by atoms with Gasteiger partial charge in [0.1, 0.15) is 6.04 Å². The maximum absolute atomic E-state index is 10.7. The molecule has 0 spiro atoms. The van der Waals surface area contributed by atoms with Crippen LogP contribution in [0.15, 0.2) is 0 Å². The molecule has 0 aromatic rings. The van der Waals surface area contributed by atoms with E-state index in [0.29, 0.717) is 12.8 Å². The molecule has 1 aliphatic rings. The number of hydrogen-bond acceptors (Lipinski definition) is 3. The molecule has 1 rings (SSSR count). The third-order valence-corrected chi connectivity index (χ3v) is 1.48. The number of alkyl halides is 2.